The van der Waals surface area contributed by atoms with Crippen molar-refractivity contribution in [3.63, 3.8) is 0 Å². The first kappa shape index (κ1) is 15.2. The molecule has 1 aliphatic heterocycles. The van der Waals surface area contributed by atoms with Gasteiger partial charge in [-0.25, -0.2) is 0 Å². The van der Waals surface area contributed by atoms with Gasteiger partial charge in [0.25, 0.3) is 0 Å². The number of Topliss-reactive ketones (excluding diaryl/α,β-unsaturated/α-hetero) is 2. The van der Waals surface area contributed by atoms with Crippen LogP contribution in [0.15, 0.2) is 0 Å². The zero-order valence-corrected chi connectivity index (χ0v) is 13.0. The quantitative estimate of drug-likeness (QED) is 0.690. The molecule has 2 aliphatic carbocycles. The summed E-state index contributed by atoms with van der Waals surface area (Å²) in [7, 11) is 0. The Bertz CT molecular complexity index is 390. The summed E-state index contributed by atoms with van der Waals surface area (Å²) >= 11 is 0. The van der Waals surface area contributed by atoms with E-state index in [0.717, 1.165) is 25.7 Å². The highest BCUT2D eigenvalue weighted by atomic mass is 16.6. The van der Waals surface area contributed by atoms with Crippen LogP contribution in [0.3, 0.4) is 0 Å². The molecule has 0 aromatic carbocycles. The van der Waals surface area contributed by atoms with E-state index in [1.54, 1.807) is 0 Å². The van der Waals surface area contributed by atoms with E-state index >= 15 is 0 Å². The van der Waals surface area contributed by atoms with Crippen LogP contribution in [0.2, 0.25) is 0 Å². The number of ether oxygens (including phenoxy) is 1. The van der Waals surface area contributed by atoms with E-state index in [1.807, 2.05) is 0 Å². The van der Waals surface area contributed by atoms with E-state index in [2.05, 4.69) is 0 Å². The first-order valence-electron chi connectivity index (χ1n) is 8.91. The average molecular weight is 292 g/mol. The summed E-state index contributed by atoms with van der Waals surface area (Å²) in [4.78, 5) is 24.0. The van der Waals surface area contributed by atoms with Gasteiger partial charge < -0.3 is 4.74 Å². The van der Waals surface area contributed by atoms with Crippen LogP contribution in [0.5, 0.6) is 0 Å². The second-order valence-electron chi connectivity index (χ2n) is 7.27. The minimum atomic E-state index is 0.408. The molecular formula is C18H28O3. The minimum absolute atomic E-state index is 0.408. The molecule has 3 nitrogen and oxygen atoms in total. The lowest BCUT2D eigenvalue weighted by atomic mass is 9.76. The predicted octanol–water partition coefficient (Wildman–Crippen LogP) is 3.83. The van der Waals surface area contributed by atoms with Crippen LogP contribution in [-0.2, 0) is 14.3 Å². The van der Waals surface area contributed by atoms with Gasteiger partial charge in [0.05, 0.1) is 12.2 Å². The van der Waals surface area contributed by atoms with Gasteiger partial charge in [-0.2, -0.15) is 0 Å². The number of carbonyl (C=O) groups excluding carboxylic acids is 2. The molecule has 21 heavy (non-hydrogen) atoms. The number of rotatable bonds is 1. The van der Waals surface area contributed by atoms with Gasteiger partial charge in [0.2, 0.25) is 0 Å². The van der Waals surface area contributed by atoms with E-state index in [0.29, 0.717) is 61.3 Å². The second kappa shape index (κ2) is 7.04. The molecule has 0 radical (unpaired) electrons. The van der Waals surface area contributed by atoms with E-state index in [1.165, 1.54) is 25.7 Å². The highest BCUT2D eigenvalue weighted by molar-refractivity contribution is 5.80. The van der Waals surface area contributed by atoms with Crippen LogP contribution < -0.4 is 0 Å². The van der Waals surface area contributed by atoms with Crippen LogP contribution in [-0.4, -0.2) is 23.8 Å². The summed E-state index contributed by atoms with van der Waals surface area (Å²) in [6, 6.07) is 0. The summed E-state index contributed by atoms with van der Waals surface area (Å²) in [5.41, 5.74) is 0. The zero-order chi connectivity index (χ0) is 14.7. The Hall–Kier alpha value is -0.700. The highest BCUT2D eigenvalue weighted by Gasteiger charge is 2.40. The van der Waals surface area contributed by atoms with Crippen molar-refractivity contribution in [2.75, 3.05) is 0 Å². The molecule has 3 heteroatoms. The Morgan fingerprint density at radius 3 is 2.29 bits per heavy atom. The van der Waals surface area contributed by atoms with Crippen LogP contribution in [0.1, 0.15) is 77.0 Å². The molecular weight excluding hydrogens is 264 g/mol. The van der Waals surface area contributed by atoms with Gasteiger partial charge in [0.1, 0.15) is 11.6 Å². The van der Waals surface area contributed by atoms with Crippen LogP contribution in [0.4, 0.5) is 0 Å². The Balaban J connectivity index is 1.60. The standard InChI is InChI=1S/C18H28O3/c19-15-5-1-2-6-16(20)12-14(8-10-15)13-4-3-7-17-18(21-17)11-9-13/h13-14,17-18H,1-12H2. The van der Waals surface area contributed by atoms with Crippen molar-refractivity contribution in [2.45, 2.75) is 89.3 Å². The Labute approximate surface area is 127 Å². The number of epoxide rings is 1. The Morgan fingerprint density at radius 2 is 1.43 bits per heavy atom. The van der Waals surface area contributed by atoms with E-state index in [9.17, 15) is 9.59 Å². The predicted molar refractivity (Wildman–Crippen MR) is 81.1 cm³/mol. The molecule has 0 aromatic rings. The van der Waals surface area contributed by atoms with Gasteiger partial charge >= 0.3 is 0 Å². The molecule has 0 amide bonds. The lowest BCUT2D eigenvalue weighted by Gasteiger charge is -2.28. The summed E-state index contributed by atoms with van der Waals surface area (Å²) in [5.74, 6) is 1.91. The summed E-state index contributed by atoms with van der Waals surface area (Å²) in [6.07, 6.45) is 12.5. The second-order valence-corrected chi connectivity index (χ2v) is 7.27. The maximum absolute atomic E-state index is 12.2. The first-order valence-corrected chi connectivity index (χ1v) is 8.91. The van der Waals surface area contributed by atoms with Crippen molar-refractivity contribution in [3.05, 3.63) is 0 Å². The monoisotopic (exact) mass is 292 g/mol. The van der Waals surface area contributed by atoms with Crippen molar-refractivity contribution >= 4 is 11.6 Å². The van der Waals surface area contributed by atoms with Crippen molar-refractivity contribution in [1.29, 1.82) is 0 Å². The van der Waals surface area contributed by atoms with E-state index in [-0.39, 0.29) is 0 Å². The molecule has 118 valence electrons. The molecule has 0 spiro atoms. The van der Waals surface area contributed by atoms with Crippen molar-refractivity contribution in [3.8, 4) is 0 Å². The molecule has 0 bridgehead atoms. The normalized spacial score (nSPS) is 39.0. The van der Waals surface area contributed by atoms with Gasteiger partial charge in [-0.15, -0.1) is 0 Å². The maximum Gasteiger partial charge on any atom is 0.133 e. The summed E-state index contributed by atoms with van der Waals surface area (Å²) in [5, 5.41) is 0. The first-order chi connectivity index (χ1) is 10.2. The fourth-order valence-corrected chi connectivity index (χ4v) is 4.28. The number of hydrogen-bond acceptors (Lipinski definition) is 3. The molecule has 3 fully saturated rings. The number of hydrogen-bond donors (Lipinski definition) is 0. The minimum Gasteiger partial charge on any atom is -0.370 e. The fraction of sp³-hybridized carbons (Fsp3) is 0.889. The number of ketones is 2. The topological polar surface area (TPSA) is 46.7 Å². The lowest BCUT2D eigenvalue weighted by Crippen LogP contribution is -2.22. The van der Waals surface area contributed by atoms with Crippen LogP contribution in [0, 0.1) is 11.8 Å². The molecule has 0 N–H and O–H groups in total. The highest BCUT2D eigenvalue weighted by Crippen LogP contribution is 2.40. The summed E-state index contributed by atoms with van der Waals surface area (Å²) < 4.78 is 5.67. The van der Waals surface area contributed by atoms with E-state index < -0.39 is 0 Å². The third-order valence-electron chi connectivity index (χ3n) is 5.68. The van der Waals surface area contributed by atoms with Crippen LogP contribution in [0.25, 0.3) is 0 Å². The van der Waals surface area contributed by atoms with Crippen LogP contribution >= 0.6 is 0 Å². The molecule has 4 atom stereocenters. The van der Waals surface area contributed by atoms with E-state index in [4.69, 9.17) is 4.74 Å². The smallest absolute Gasteiger partial charge is 0.133 e. The largest absolute Gasteiger partial charge is 0.370 e. The third-order valence-corrected chi connectivity index (χ3v) is 5.68. The SMILES string of the molecule is O=C1CCCCC(=O)CC(C2CCCC3OC3CC2)CC1. The summed E-state index contributed by atoms with van der Waals surface area (Å²) in [6.45, 7) is 0. The molecule has 2 saturated carbocycles. The van der Waals surface area contributed by atoms with Gasteiger partial charge in [0.15, 0.2) is 0 Å². The maximum atomic E-state index is 12.2. The molecule has 3 aliphatic rings. The number of carbonyl (C=O) groups is 2. The van der Waals surface area contributed by atoms with Crippen molar-refractivity contribution < 1.29 is 14.3 Å². The third kappa shape index (κ3) is 4.38. The Kier molecular flexibility index (Phi) is 5.10. The number of fused-ring (bicyclic) bond motifs is 1. The van der Waals surface area contributed by atoms with Gasteiger partial charge in [-0.1, -0.05) is 12.8 Å². The molecule has 1 saturated heterocycles. The zero-order valence-electron chi connectivity index (χ0n) is 13.0. The average Bonchev–Trinajstić information content (AvgIpc) is 3.17. The van der Waals surface area contributed by atoms with Crippen molar-refractivity contribution in [2.24, 2.45) is 11.8 Å². The van der Waals surface area contributed by atoms with Gasteiger partial charge in [-0.3, -0.25) is 9.59 Å². The molecule has 4 unspecified atom stereocenters. The van der Waals surface area contributed by atoms with Gasteiger partial charge in [0, 0.05) is 25.7 Å². The Morgan fingerprint density at radius 1 is 0.667 bits per heavy atom. The van der Waals surface area contributed by atoms with Gasteiger partial charge in [-0.05, 0) is 50.4 Å². The lowest BCUT2D eigenvalue weighted by molar-refractivity contribution is -0.123. The van der Waals surface area contributed by atoms with Crippen molar-refractivity contribution in [1.82, 2.24) is 0 Å². The molecule has 3 rings (SSSR count). The molecule has 1 heterocycles. The fourth-order valence-electron chi connectivity index (χ4n) is 4.28. The molecule has 0 aromatic heterocycles.